The van der Waals surface area contributed by atoms with Crippen LogP contribution >= 0.6 is 0 Å². The lowest BCUT2D eigenvalue weighted by atomic mass is 9.98. The van der Waals surface area contributed by atoms with E-state index in [0.717, 1.165) is 5.56 Å². The largest absolute Gasteiger partial charge is 0.502 e. The molecule has 4 N–H and O–H groups in total. The summed E-state index contributed by atoms with van der Waals surface area (Å²) >= 11 is 0. The van der Waals surface area contributed by atoms with E-state index < -0.39 is 29.0 Å². The smallest absolute Gasteiger partial charge is 0.311 e. The Bertz CT molecular complexity index is 644. The Morgan fingerprint density at radius 2 is 1.86 bits per heavy atom. The highest BCUT2D eigenvalue weighted by atomic mass is 16.6. The van der Waals surface area contributed by atoms with Gasteiger partial charge in [-0.05, 0) is 23.6 Å². The summed E-state index contributed by atoms with van der Waals surface area (Å²) in [5.41, 5.74) is 7.12. The summed E-state index contributed by atoms with van der Waals surface area (Å²) in [6, 6.07) is 11.5. The van der Waals surface area contributed by atoms with Crippen LogP contribution in [0.2, 0.25) is 0 Å². The molecule has 0 saturated carbocycles. The number of phenols is 1. The molecule has 6 nitrogen and oxygen atoms in total. The highest BCUT2D eigenvalue weighted by Crippen LogP contribution is 2.34. The zero-order valence-corrected chi connectivity index (χ0v) is 11.3. The second-order valence-corrected chi connectivity index (χ2v) is 4.76. The van der Waals surface area contributed by atoms with E-state index in [1.807, 2.05) is 30.3 Å². The van der Waals surface area contributed by atoms with Gasteiger partial charge in [0.25, 0.3) is 0 Å². The number of hydrogen-bond donors (Lipinski definition) is 3. The fourth-order valence-electron chi connectivity index (χ4n) is 2.16. The molecule has 0 saturated heterocycles. The van der Waals surface area contributed by atoms with Crippen LogP contribution in [0.1, 0.15) is 22.7 Å². The first-order valence-electron chi connectivity index (χ1n) is 6.43. The lowest BCUT2D eigenvalue weighted by molar-refractivity contribution is -0.386. The second-order valence-electron chi connectivity index (χ2n) is 4.76. The van der Waals surface area contributed by atoms with Gasteiger partial charge in [-0.25, -0.2) is 0 Å². The van der Waals surface area contributed by atoms with Gasteiger partial charge in [0.1, 0.15) is 0 Å². The number of nitrogens with two attached hydrogens (primary N) is 1. The molecule has 0 aromatic heterocycles. The Morgan fingerprint density at radius 1 is 1.19 bits per heavy atom. The average Bonchev–Trinajstić information content (AvgIpc) is 2.48. The molecule has 6 heteroatoms. The molecule has 1 atom stereocenters. The monoisotopic (exact) mass is 288 g/mol. The summed E-state index contributed by atoms with van der Waals surface area (Å²) in [5.74, 6) is -0.488. The van der Waals surface area contributed by atoms with Crippen molar-refractivity contribution in [1.29, 1.82) is 0 Å². The lowest BCUT2D eigenvalue weighted by Crippen LogP contribution is -2.15. The molecule has 0 heterocycles. The molecule has 0 aliphatic carbocycles. The maximum absolute atomic E-state index is 11.0. The minimum absolute atomic E-state index is 0.178. The van der Waals surface area contributed by atoms with E-state index in [2.05, 4.69) is 0 Å². The van der Waals surface area contributed by atoms with Gasteiger partial charge in [-0.3, -0.25) is 10.1 Å². The maximum atomic E-state index is 11.0. The molecule has 0 amide bonds. The molecule has 2 aromatic rings. The number of nitrogens with zero attached hydrogens (tertiary/aromatic N) is 1. The minimum atomic E-state index is -0.862. The zero-order chi connectivity index (χ0) is 15.4. The predicted octanol–water partition coefficient (Wildman–Crippen LogP) is 1.88. The van der Waals surface area contributed by atoms with Crippen molar-refractivity contribution in [3.05, 3.63) is 69.3 Å². The quantitative estimate of drug-likeness (QED) is 0.575. The molecule has 2 aromatic carbocycles. The van der Waals surface area contributed by atoms with Crippen LogP contribution in [0.3, 0.4) is 0 Å². The van der Waals surface area contributed by atoms with Crippen LogP contribution in [0.25, 0.3) is 0 Å². The third-order valence-electron chi connectivity index (χ3n) is 3.22. The Kier molecular flexibility index (Phi) is 4.52. The first-order valence-corrected chi connectivity index (χ1v) is 6.43. The maximum Gasteiger partial charge on any atom is 0.311 e. The molecule has 0 bridgehead atoms. The standard InChI is InChI=1S/C15H16N2O4/c16-13(9-18)12-7-11(6-10-4-2-1-3-5-10)8-14(15(12)19)17(20)21/h1-5,7-8,13,18-19H,6,9,16H2/t13-/m1/s1. The van der Waals surface area contributed by atoms with Gasteiger partial charge in [-0.15, -0.1) is 0 Å². The molecule has 0 spiro atoms. The zero-order valence-electron chi connectivity index (χ0n) is 11.3. The number of hydrogen-bond acceptors (Lipinski definition) is 5. The van der Waals surface area contributed by atoms with Crippen LogP contribution in [-0.2, 0) is 6.42 Å². The minimum Gasteiger partial charge on any atom is -0.502 e. The van der Waals surface area contributed by atoms with Crippen molar-refractivity contribution in [1.82, 2.24) is 0 Å². The van der Waals surface area contributed by atoms with Crippen LogP contribution < -0.4 is 5.73 Å². The van der Waals surface area contributed by atoms with Crippen molar-refractivity contribution in [2.24, 2.45) is 5.73 Å². The number of aromatic hydroxyl groups is 1. The van der Waals surface area contributed by atoms with Crippen molar-refractivity contribution in [2.45, 2.75) is 12.5 Å². The third-order valence-corrected chi connectivity index (χ3v) is 3.22. The third kappa shape index (κ3) is 3.36. The number of phenolic OH excluding ortho intramolecular Hbond substituents is 1. The van der Waals surface area contributed by atoms with Gasteiger partial charge in [0.15, 0.2) is 5.75 Å². The van der Waals surface area contributed by atoms with Crippen LogP contribution in [0.15, 0.2) is 42.5 Å². The molecular weight excluding hydrogens is 272 g/mol. The topological polar surface area (TPSA) is 110 Å². The fraction of sp³-hybridized carbons (Fsp3) is 0.200. The summed E-state index contributed by atoms with van der Waals surface area (Å²) in [6.07, 6.45) is 0.479. The van der Waals surface area contributed by atoms with E-state index in [0.29, 0.717) is 12.0 Å². The van der Waals surface area contributed by atoms with Crippen molar-refractivity contribution >= 4 is 5.69 Å². The molecule has 0 unspecified atom stereocenters. The van der Waals surface area contributed by atoms with Gasteiger partial charge in [-0.1, -0.05) is 30.3 Å². The van der Waals surface area contributed by atoms with Crippen molar-refractivity contribution in [2.75, 3.05) is 6.61 Å². The van der Waals surface area contributed by atoms with Crippen molar-refractivity contribution in [3.63, 3.8) is 0 Å². The normalized spacial score (nSPS) is 12.1. The van der Waals surface area contributed by atoms with E-state index in [1.54, 1.807) is 6.07 Å². The summed E-state index contributed by atoms with van der Waals surface area (Å²) in [4.78, 5) is 10.4. The number of benzene rings is 2. The molecule has 0 aliphatic heterocycles. The highest BCUT2D eigenvalue weighted by Gasteiger charge is 2.22. The Balaban J connectivity index is 2.46. The molecule has 2 rings (SSSR count). The molecular formula is C15H16N2O4. The van der Waals surface area contributed by atoms with E-state index in [-0.39, 0.29) is 5.56 Å². The van der Waals surface area contributed by atoms with Crippen LogP contribution in [0.4, 0.5) is 5.69 Å². The number of aliphatic hydroxyl groups excluding tert-OH is 1. The molecule has 0 fully saturated rings. The number of rotatable bonds is 5. The molecule has 0 radical (unpaired) electrons. The first-order chi connectivity index (χ1) is 10.0. The lowest BCUT2D eigenvalue weighted by Gasteiger charge is -2.13. The Hall–Kier alpha value is -2.44. The second kappa shape index (κ2) is 6.34. The van der Waals surface area contributed by atoms with E-state index >= 15 is 0 Å². The van der Waals surface area contributed by atoms with Gasteiger partial charge < -0.3 is 15.9 Å². The Morgan fingerprint density at radius 3 is 2.43 bits per heavy atom. The predicted molar refractivity (Wildman–Crippen MR) is 78.0 cm³/mol. The van der Waals surface area contributed by atoms with Crippen LogP contribution in [0.5, 0.6) is 5.75 Å². The van der Waals surface area contributed by atoms with E-state index in [4.69, 9.17) is 10.8 Å². The van der Waals surface area contributed by atoms with Crippen molar-refractivity contribution < 1.29 is 15.1 Å². The fourth-order valence-corrected chi connectivity index (χ4v) is 2.16. The summed E-state index contributed by atoms with van der Waals surface area (Å²) in [7, 11) is 0. The highest BCUT2D eigenvalue weighted by molar-refractivity contribution is 5.55. The van der Waals surface area contributed by atoms with E-state index in [9.17, 15) is 15.2 Å². The number of nitro benzene ring substituents is 1. The number of aliphatic hydroxyl groups is 1. The summed E-state index contributed by atoms with van der Waals surface area (Å²) in [6.45, 7) is -0.403. The summed E-state index contributed by atoms with van der Waals surface area (Å²) < 4.78 is 0. The van der Waals surface area contributed by atoms with Gasteiger partial charge >= 0.3 is 5.69 Å². The van der Waals surface area contributed by atoms with Gasteiger partial charge in [0.2, 0.25) is 0 Å². The van der Waals surface area contributed by atoms with Gasteiger partial charge in [0.05, 0.1) is 17.6 Å². The van der Waals surface area contributed by atoms with Gasteiger partial charge in [0, 0.05) is 11.6 Å². The van der Waals surface area contributed by atoms with Crippen molar-refractivity contribution in [3.8, 4) is 5.75 Å². The number of nitro groups is 1. The van der Waals surface area contributed by atoms with Crippen LogP contribution in [0, 0.1) is 10.1 Å². The molecule has 110 valence electrons. The molecule has 21 heavy (non-hydrogen) atoms. The summed E-state index contributed by atoms with van der Waals surface area (Å²) in [5, 5.41) is 30.1. The first kappa shape index (κ1) is 15.0. The average molecular weight is 288 g/mol. The SMILES string of the molecule is N[C@H](CO)c1cc(Cc2ccccc2)cc([N+](=O)[O-])c1O. The van der Waals surface area contributed by atoms with Crippen LogP contribution in [-0.4, -0.2) is 21.7 Å². The Labute approximate surface area is 121 Å². The molecule has 0 aliphatic rings. The van der Waals surface area contributed by atoms with Gasteiger partial charge in [-0.2, -0.15) is 0 Å². The van der Waals surface area contributed by atoms with E-state index in [1.165, 1.54) is 6.07 Å².